The van der Waals surface area contributed by atoms with Crippen LogP contribution in [0.15, 0.2) is 11.1 Å². The third-order valence-corrected chi connectivity index (χ3v) is 5.66. The molecule has 18 heteroatoms. The molecule has 0 aromatic heterocycles. The second-order valence-corrected chi connectivity index (χ2v) is 7.64. The van der Waals surface area contributed by atoms with Crippen LogP contribution in [0.5, 0.6) is 0 Å². The van der Waals surface area contributed by atoms with Gasteiger partial charge in [0.05, 0.1) is 23.3 Å². The third-order valence-electron chi connectivity index (χ3n) is 5.66. The minimum absolute atomic E-state index is 0.323. The van der Waals surface area contributed by atoms with E-state index in [-0.39, 0.29) is 0 Å². The van der Waals surface area contributed by atoms with Crippen molar-refractivity contribution >= 4 is 0 Å². The summed E-state index contributed by atoms with van der Waals surface area (Å²) < 4.78 is 226. The molecule has 0 N–H and O–H groups in total. The maximum absolute atomic E-state index is 14.8. The molecular formula is C21H2F16N2. The van der Waals surface area contributed by atoms with Crippen LogP contribution in [-0.4, -0.2) is 17.8 Å². The Labute approximate surface area is 204 Å². The molecule has 2 nitrogen and oxygen atoms in total. The van der Waals surface area contributed by atoms with E-state index in [0.717, 1.165) is 0 Å². The van der Waals surface area contributed by atoms with Crippen molar-refractivity contribution in [2.45, 2.75) is 29.6 Å². The van der Waals surface area contributed by atoms with E-state index in [1.807, 2.05) is 0 Å². The number of hydrogen-bond donors (Lipinski definition) is 0. The van der Waals surface area contributed by atoms with Crippen molar-refractivity contribution in [3.8, 4) is 12.1 Å². The van der Waals surface area contributed by atoms with Gasteiger partial charge in [0.15, 0.2) is 46.5 Å². The Balaban J connectivity index is 2.60. The minimum Gasteiger partial charge on any atom is -0.203 e. The van der Waals surface area contributed by atoms with E-state index < -0.39 is 110 Å². The van der Waals surface area contributed by atoms with E-state index in [4.69, 9.17) is 0 Å². The van der Waals surface area contributed by atoms with Crippen LogP contribution in [0.3, 0.4) is 0 Å². The second kappa shape index (κ2) is 9.06. The summed E-state index contributed by atoms with van der Waals surface area (Å²) in [6, 6.07) is 0.646. The smallest absolute Gasteiger partial charge is 0.203 e. The lowest BCUT2D eigenvalue weighted by Crippen LogP contribution is -2.50. The van der Waals surface area contributed by atoms with Crippen LogP contribution in [0.25, 0.3) is 0 Å². The van der Waals surface area contributed by atoms with E-state index in [1.165, 1.54) is 0 Å². The molecule has 0 fully saturated rings. The number of hydrogen-bond acceptors (Lipinski definition) is 2. The zero-order chi connectivity index (χ0) is 30.2. The first-order chi connectivity index (χ1) is 17.7. The molecule has 0 saturated heterocycles. The summed E-state index contributed by atoms with van der Waals surface area (Å²) in [5, 5.41) is 18.4. The predicted octanol–water partition coefficient (Wildman–Crippen LogP) is 7.21. The van der Waals surface area contributed by atoms with Crippen LogP contribution in [0.1, 0.15) is 23.0 Å². The van der Waals surface area contributed by atoms with Gasteiger partial charge >= 0.3 is 17.8 Å². The number of alkyl halides is 6. The van der Waals surface area contributed by atoms with Gasteiger partial charge in [-0.15, -0.1) is 0 Å². The molecular weight excluding hydrogens is 584 g/mol. The lowest BCUT2D eigenvalue weighted by molar-refractivity contribution is -0.266. The van der Waals surface area contributed by atoms with Gasteiger partial charge in [0.2, 0.25) is 11.6 Å². The Morgan fingerprint density at radius 3 is 0.821 bits per heavy atom. The molecule has 2 unspecified atom stereocenters. The first kappa shape index (κ1) is 29.6. The van der Waals surface area contributed by atoms with Crippen molar-refractivity contribution in [1.29, 1.82) is 10.5 Å². The Morgan fingerprint density at radius 1 is 0.410 bits per heavy atom. The zero-order valence-electron chi connectivity index (χ0n) is 17.6. The van der Waals surface area contributed by atoms with E-state index in [1.54, 1.807) is 0 Å². The van der Waals surface area contributed by atoms with Crippen LogP contribution in [-0.2, 0) is 0 Å². The monoisotopic (exact) mass is 586 g/mol. The molecule has 0 heterocycles. The maximum Gasteiger partial charge on any atom is 0.380 e. The van der Waals surface area contributed by atoms with Crippen molar-refractivity contribution in [1.82, 2.24) is 0 Å². The van der Waals surface area contributed by atoms with E-state index in [2.05, 4.69) is 0 Å². The molecule has 0 spiro atoms. The first-order valence-corrected chi connectivity index (χ1v) is 9.45. The SMILES string of the molecule is N#CC(C1=C(C(C#N)c2c(F)c(F)c(F)c(F)c2F)C(F)(F)C(F)(F)C1(F)F)c1c(F)c(F)c(F)c(F)c1F. The number of halogens is 16. The lowest BCUT2D eigenvalue weighted by Gasteiger charge is -2.27. The quantitative estimate of drug-likeness (QED) is 0.165. The second-order valence-electron chi connectivity index (χ2n) is 7.64. The van der Waals surface area contributed by atoms with Gasteiger partial charge in [0.25, 0.3) is 0 Å². The molecule has 2 atom stereocenters. The molecule has 0 bridgehead atoms. The summed E-state index contributed by atoms with van der Waals surface area (Å²) in [6.45, 7) is 0. The zero-order valence-corrected chi connectivity index (χ0v) is 17.6. The van der Waals surface area contributed by atoms with Crippen molar-refractivity contribution < 1.29 is 70.2 Å². The van der Waals surface area contributed by atoms with E-state index in [9.17, 15) is 80.8 Å². The standard InChI is InChI=1S/C21H2F16N2/c22-9-5(10(23)14(27)17(30)13(9)26)3(1-38)7-8(20(34,35)21(36,37)19(7,32)33)4(2-39)6-11(24)15(28)18(31)16(29)12(6)25/h3-4H. The lowest BCUT2D eigenvalue weighted by atomic mass is 9.81. The molecule has 3 rings (SSSR count). The largest absolute Gasteiger partial charge is 0.380 e. The van der Waals surface area contributed by atoms with Crippen molar-refractivity contribution in [3.63, 3.8) is 0 Å². The average Bonchev–Trinajstić information content (AvgIpc) is 2.98. The Hall–Kier alpha value is -3.96. The molecule has 0 radical (unpaired) electrons. The number of nitriles is 2. The van der Waals surface area contributed by atoms with Crippen LogP contribution < -0.4 is 0 Å². The highest BCUT2D eigenvalue weighted by Gasteiger charge is 2.82. The number of benzene rings is 2. The van der Waals surface area contributed by atoms with Crippen molar-refractivity contribution in [3.05, 3.63) is 80.4 Å². The molecule has 2 aromatic rings. The number of rotatable bonds is 4. The molecule has 0 saturated carbocycles. The van der Waals surface area contributed by atoms with Gasteiger partial charge in [-0.3, -0.25) is 0 Å². The molecule has 0 amide bonds. The van der Waals surface area contributed by atoms with Gasteiger partial charge in [-0.2, -0.15) is 36.9 Å². The highest BCUT2D eigenvalue weighted by Crippen LogP contribution is 2.65. The molecule has 0 aliphatic heterocycles. The van der Waals surface area contributed by atoms with E-state index >= 15 is 0 Å². The molecule has 1 aliphatic rings. The summed E-state index contributed by atoms with van der Waals surface area (Å²) in [5.74, 6) is -58.7. The summed E-state index contributed by atoms with van der Waals surface area (Å²) in [6.07, 6.45) is 0. The Morgan fingerprint density at radius 2 is 0.615 bits per heavy atom. The third kappa shape index (κ3) is 3.64. The van der Waals surface area contributed by atoms with Crippen LogP contribution >= 0.6 is 0 Å². The van der Waals surface area contributed by atoms with Gasteiger partial charge in [-0.25, -0.2) is 43.9 Å². The Kier molecular flexibility index (Phi) is 6.88. The van der Waals surface area contributed by atoms with Crippen LogP contribution in [0.4, 0.5) is 70.2 Å². The summed E-state index contributed by atoms with van der Waals surface area (Å²) >= 11 is 0. The summed E-state index contributed by atoms with van der Waals surface area (Å²) in [7, 11) is 0. The van der Waals surface area contributed by atoms with Gasteiger partial charge in [0.1, 0.15) is 11.8 Å². The summed E-state index contributed by atoms with van der Waals surface area (Å²) in [4.78, 5) is 0. The highest BCUT2D eigenvalue weighted by molar-refractivity contribution is 5.56. The molecule has 208 valence electrons. The highest BCUT2D eigenvalue weighted by atomic mass is 19.3. The van der Waals surface area contributed by atoms with Crippen LogP contribution in [0, 0.1) is 80.8 Å². The fourth-order valence-corrected chi connectivity index (χ4v) is 3.84. The molecule has 39 heavy (non-hydrogen) atoms. The number of allylic oxidation sites excluding steroid dienone is 2. The maximum atomic E-state index is 14.8. The first-order valence-electron chi connectivity index (χ1n) is 9.45. The van der Waals surface area contributed by atoms with Gasteiger partial charge < -0.3 is 0 Å². The minimum atomic E-state index is -6.86. The number of nitrogens with zero attached hydrogens (tertiary/aromatic N) is 2. The van der Waals surface area contributed by atoms with Gasteiger partial charge in [-0.1, -0.05) is 0 Å². The van der Waals surface area contributed by atoms with Crippen LogP contribution in [0.2, 0.25) is 0 Å². The normalized spacial score (nSPS) is 19.0. The topological polar surface area (TPSA) is 47.6 Å². The predicted molar refractivity (Wildman–Crippen MR) is 91.0 cm³/mol. The van der Waals surface area contributed by atoms with Crippen molar-refractivity contribution in [2.24, 2.45) is 0 Å². The van der Waals surface area contributed by atoms with Gasteiger partial charge in [-0.05, 0) is 0 Å². The fourth-order valence-electron chi connectivity index (χ4n) is 3.84. The molecule has 2 aromatic carbocycles. The average molecular weight is 586 g/mol. The molecule has 1 aliphatic carbocycles. The van der Waals surface area contributed by atoms with E-state index in [0.29, 0.717) is 12.1 Å². The van der Waals surface area contributed by atoms with Gasteiger partial charge in [0, 0.05) is 11.1 Å². The van der Waals surface area contributed by atoms with Crippen molar-refractivity contribution in [2.75, 3.05) is 0 Å². The fraction of sp³-hybridized carbons (Fsp3) is 0.238. The summed E-state index contributed by atoms with van der Waals surface area (Å²) in [5.41, 5.74) is -12.1. The Bertz CT molecular complexity index is 1360.